The van der Waals surface area contributed by atoms with Crippen LogP contribution in [0.4, 0.5) is 0 Å². The predicted octanol–water partition coefficient (Wildman–Crippen LogP) is 6.43. The SMILES string of the molecule is CC(=O)Oc1ccccc1C(=O)OCCC(C)CCCC(C)CCCC(C)C. The molecule has 158 valence electrons. The lowest BCUT2D eigenvalue weighted by Crippen LogP contribution is -2.12. The molecule has 0 saturated carbocycles. The second kappa shape index (κ2) is 13.4. The molecule has 1 rings (SSSR count). The zero-order valence-electron chi connectivity index (χ0n) is 18.3. The molecular formula is C24H38O4. The van der Waals surface area contributed by atoms with Crippen LogP contribution < -0.4 is 4.74 Å². The number of carbonyl (C=O) groups excluding carboxylic acids is 2. The van der Waals surface area contributed by atoms with Crippen molar-refractivity contribution in [2.45, 2.75) is 79.6 Å². The number of benzene rings is 1. The van der Waals surface area contributed by atoms with Gasteiger partial charge in [0.15, 0.2) is 0 Å². The summed E-state index contributed by atoms with van der Waals surface area (Å²) in [4.78, 5) is 23.4. The molecule has 0 aliphatic carbocycles. The Morgan fingerprint density at radius 1 is 0.857 bits per heavy atom. The summed E-state index contributed by atoms with van der Waals surface area (Å²) in [6.45, 7) is 10.8. The first-order valence-electron chi connectivity index (χ1n) is 10.7. The first-order valence-corrected chi connectivity index (χ1v) is 10.7. The van der Waals surface area contributed by atoms with Crippen LogP contribution in [0.25, 0.3) is 0 Å². The largest absolute Gasteiger partial charge is 0.462 e. The number of esters is 2. The fraction of sp³-hybridized carbons (Fsp3) is 0.667. The van der Waals surface area contributed by atoms with E-state index in [1.54, 1.807) is 24.3 Å². The van der Waals surface area contributed by atoms with Gasteiger partial charge in [-0.2, -0.15) is 0 Å². The van der Waals surface area contributed by atoms with Gasteiger partial charge in [0.1, 0.15) is 11.3 Å². The maximum absolute atomic E-state index is 12.3. The molecule has 0 radical (unpaired) electrons. The Morgan fingerprint density at radius 2 is 1.43 bits per heavy atom. The van der Waals surface area contributed by atoms with Crippen LogP contribution in [0.15, 0.2) is 24.3 Å². The van der Waals surface area contributed by atoms with Gasteiger partial charge in [-0.25, -0.2) is 4.79 Å². The maximum Gasteiger partial charge on any atom is 0.341 e. The Bertz CT molecular complexity index is 594. The van der Waals surface area contributed by atoms with E-state index in [4.69, 9.17) is 9.47 Å². The molecule has 4 heteroatoms. The number of rotatable bonds is 13. The van der Waals surface area contributed by atoms with E-state index >= 15 is 0 Å². The molecule has 1 aromatic rings. The lowest BCUT2D eigenvalue weighted by molar-refractivity contribution is -0.131. The summed E-state index contributed by atoms with van der Waals surface area (Å²) < 4.78 is 10.5. The standard InChI is InChI=1S/C24H38O4/c1-18(2)10-8-11-19(3)12-9-13-20(4)16-17-27-24(26)22-14-6-7-15-23(22)28-21(5)25/h6-7,14-15,18-20H,8-13,16-17H2,1-5H3. The summed E-state index contributed by atoms with van der Waals surface area (Å²) >= 11 is 0. The Morgan fingerprint density at radius 3 is 2.04 bits per heavy atom. The normalized spacial score (nSPS) is 13.2. The average Bonchev–Trinajstić information content (AvgIpc) is 2.61. The number of ether oxygens (including phenoxy) is 2. The highest BCUT2D eigenvalue weighted by molar-refractivity contribution is 5.93. The molecule has 0 aromatic heterocycles. The molecule has 4 nitrogen and oxygen atoms in total. The molecular weight excluding hydrogens is 352 g/mol. The Hall–Kier alpha value is -1.84. The van der Waals surface area contributed by atoms with Crippen molar-refractivity contribution in [1.82, 2.24) is 0 Å². The van der Waals surface area contributed by atoms with E-state index in [1.807, 2.05) is 0 Å². The van der Waals surface area contributed by atoms with E-state index in [0.29, 0.717) is 18.1 Å². The van der Waals surface area contributed by atoms with Crippen molar-refractivity contribution in [3.05, 3.63) is 29.8 Å². The zero-order valence-corrected chi connectivity index (χ0v) is 18.3. The molecule has 0 N–H and O–H groups in total. The third-order valence-electron chi connectivity index (χ3n) is 5.08. The van der Waals surface area contributed by atoms with Crippen LogP contribution in [-0.2, 0) is 9.53 Å². The molecule has 0 aliphatic rings. The summed E-state index contributed by atoms with van der Waals surface area (Å²) in [7, 11) is 0. The van der Waals surface area contributed by atoms with Crippen molar-refractivity contribution >= 4 is 11.9 Å². The van der Waals surface area contributed by atoms with Gasteiger partial charge in [0, 0.05) is 6.92 Å². The summed E-state index contributed by atoms with van der Waals surface area (Å²) in [5.41, 5.74) is 0.292. The van der Waals surface area contributed by atoms with E-state index < -0.39 is 11.9 Å². The molecule has 0 amide bonds. The smallest absolute Gasteiger partial charge is 0.341 e. The van der Waals surface area contributed by atoms with Crippen molar-refractivity contribution in [2.24, 2.45) is 17.8 Å². The third kappa shape index (κ3) is 10.5. The van der Waals surface area contributed by atoms with Crippen LogP contribution in [0.2, 0.25) is 0 Å². The quantitative estimate of drug-likeness (QED) is 0.288. The number of carbonyl (C=O) groups is 2. The van der Waals surface area contributed by atoms with Crippen LogP contribution in [0.1, 0.15) is 89.9 Å². The predicted molar refractivity (Wildman–Crippen MR) is 114 cm³/mol. The summed E-state index contributed by atoms with van der Waals surface area (Å²) in [6, 6.07) is 6.67. The minimum Gasteiger partial charge on any atom is -0.462 e. The highest BCUT2D eigenvalue weighted by Gasteiger charge is 2.15. The van der Waals surface area contributed by atoms with E-state index in [9.17, 15) is 9.59 Å². The summed E-state index contributed by atoms with van der Waals surface area (Å²) in [5, 5.41) is 0. The van der Waals surface area contributed by atoms with Crippen LogP contribution in [0.5, 0.6) is 5.75 Å². The molecule has 0 spiro atoms. The molecule has 28 heavy (non-hydrogen) atoms. The molecule has 2 atom stereocenters. The van der Waals surface area contributed by atoms with Crippen molar-refractivity contribution < 1.29 is 19.1 Å². The van der Waals surface area contributed by atoms with E-state index in [0.717, 1.165) is 24.7 Å². The summed E-state index contributed by atoms with van der Waals surface area (Å²) in [5.74, 6) is 1.48. The highest BCUT2D eigenvalue weighted by Crippen LogP contribution is 2.22. The molecule has 2 unspecified atom stereocenters. The molecule has 0 aliphatic heterocycles. The fourth-order valence-electron chi connectivity index (χ4n) is 3.29. The van der Waals surface area contributed by atoms with E-state index in [2.05, 4.69) is 27.7 Å². The first-order chi connectivity index (χ1) is 13.3. The van der Waals surface area contributed by atoms with Crippen molar-refractivity contribution in [3.8, 4) is 5.75 Å². The van der Waals surface area contributed by atoms with E-state index in [1.165, 1.54) is 39.0 Å². The van der Waals surface area contributed by atoms with Gasteiger partial charge >= 0.3 is 11.9 Å². The van der Waals surface area contributed by atoms with Crippen LogP contribution in [0.3, 0.4) is 0 Å². The minimum atomic E-state index is -0.452. The Labute approximate surface area is 171 Å². The van der Waals surface area contributed by atoms with Crippen LogP contribution in [0, 0.1) is 17.8 Å². The Kier molecular flexibility index (Phi) is 11.5. The van der Waals surface area contributed by atoms with Gasteiger partial charge in [-0.15, -0.1) is 0 Å². The first kappa shape index (κ1) is 24.2. The van der Waals surface area contributed by atoms with Crippen LogP contribution in [-0.4, -0.2) is 18.5 Å². The summed E-state index contributed by atoms with van der Waals surface area (Å²) in [6.07, 6.45) is 8.50. The van der Waals surface area contributed by atoms with E-state index in [-0.39, 0.29) is 5.75 Å². The van der Waals surface area contributed by atoms with Gasteiger partial charge in [0.2, 0.25) is 0 Å². The maximum atomic E-state index is 12.3. The third-order valence-corrected chi connectivity index (χ3v) is 5.08. The number of para-hydroxylation sites is 1. The average molecular weight is 391 g/mol. The van der Waals surface area contributed by atoms with Gasteiger partial charge in [0.05, 0.1) is 6.61 Å². The zero-order chi connectivity index (χ0) is 20.9. The monoisotopic (exact) mass is 390 g/mol. The van der Waals surface area contributed by atoms with Crippen LogP contribution >= 0.6 is 0 Å². The lowest BCUT2D eigenvalue weighted by Gasteiger charge is -2.15. The second-order valence-electron chi connectivity index (χ2n) is 8.48. The van der Waals surface area contributed by atoms with Gasteiger partial charge in [-0.05, 0) is 36.3 Å². The number of hydrogen-bond donors (Lipinski definition) is 0. The van der Waals surface area contributed by atoms with Crippen molar-refractivity contribution in [1.29, 1.82) is 0 Å². The van der Waals surface area contributed by atoms with Gasteiger partial charge in [-0.1, -0.05) is 78.4 Å². The topological polar surface area (TPSA) is 52.6 Å². The molecule has 0 heterocycles. The molecule has 0 saturated heterocycles. The minimum absolute atomic E-state index is 0.250. The van der Waals surface area contributed by atoms with Crippen molar-refractivity contribution in [2.75, 3.05) is 6.61 Å². The second-order valence-corrected chi connectivity index (χ2v) is 8.48. The fourth-order valence-corrected chi connectivity index (χ4v) is 3.29. The molecule has 0 fully saturated rings. The Balaban J connectivity index is 2.25. The van der Waals surface area contributed by atoms with Gasteiger partial charge < -0.3 is 9.47 Å². The molecule has 0 bridgehead atoms. The molecule has 1 aromatic carbocycles. The van der Waals surface area contributed by atoms with Crippen molar-refractivity contribution in [3.63, 3.8) is 0 Å². The number of hydrogen-bond acceptors (Lipinski definition) is 4. The van der Waals surface area contributed by atoms with Gasteiger partial charge in [-0.3, -0.25) is 4.79 Å². The lowest BCUT2D eigenvalue weighted by atomic mass is 9.93. The highest BCUT2D eigenvalue weighted by atomic mass is 16.5. The van der Waals surface area contributed by atoms with Gasteiger partial charge in [0.25, 0.3) is 0 Å².